The highest BCUT2D eigenvalue weighted by molar-refractivity contribution is 6.00. The number of carbonyl (C=O) groups excluding carboxylic acids is 1. The fraction of sp³-hybridized carbons (Fsp3) is 0.480. The molecule has 1 atom stereocenters. The Labute approximate surface area is 208 Å². The highest BCUT2D eigenvalue weighted by Crippen LogP contribution is 2.33. The molecule has 0 radical (unpaired) electrons. The first-order valence-electron chi connectivity index (χ1n) is 13.1. The van der Waals surface area contributed by atoms with Crippen molar-refractivity contribution in [3.63, 3.8) is 0 Å². The van der Waals surface area contributed by atoms with Gasteiger partial charge in [-0.15, -0.1) is 0 Å². The summed E-state index contributed by atoms with van der Waals surface area (Å²) >= 11 is 0. The van der Waals surface area contributed by atoms with E-state index in [1.165, 1.54) is 29.2 Å². The second-order valence-electron chi connectivity index (χ2n) is 8.11. The molecule has 7 nitrogen and oxygen atoms in total. The Kier molecular flexibility index (Phi) is 7.38. The number of benzene rings is 2. The van der Waals surface area contributed by atoms with Crippen LogP contribution in [0.25, 0.3) is 0 Å². The molecule has 192 valence electrons. The highest BCUT2D eigenvalue weighted by atomic mass is 19.4. The van der Waals surface area contributed by atoms with E-state index in [1.54, 1.807) is 13.0 Å². The number of aliphatic hydroxyl groups excluding tert-OH is 1. The quantitative estimate of drug-likeness (QED) is 0.392. The number of hydrogen-bond acceptors (Lipinski definition) is 6. The molecule has 0 aromatic heterocycles. The molecule has 1 amide bonds. The van der Waals surface area contributed by atoms with Gasteiger partial charge in [0.2, 0.25) is 0 Å². The summed E-state index contributed by atoms with van der Waals surface area (Å²) in [5.74, 6) is -0.917. The van der Waals surface area contributed by atoms with E-state index in [9.17, 15) is 23.1 Å². The molecule has 0 bridgehead atoms. The first kappa shape index (κ1) is 21.3. The Bertz CT molecular complexity index is 1170. The molecule has 1 heterocycles. The summed E-state index contributed by atoms with van der Waals surface area (Å²) in [6, 6.07) is 8.62. The molecule has 10 heteroatoms. The van der Waals surface area contributed by atoms with E-state index >= 15 is 0 Å². The molecule has 4 N–H and O–H groups in total. The monoisotopic (exact) mass is 499 g/mol. The van der Waals surface area contributed by atoms with Gasteiger partial charge in [-0.05, 0) is 55.5 Å². The number of nitrogens with one attached hydrogen (secondary N) is 1. The lowest BCUT2D eigenvalue weighted by molar-refractivity contribution is -0.153. The summed E-state index contributed by atoms with van der Waals surface area (Å²) in [6.07, 6.45) is -3.90. The number of nitrogens with zero attached hydrogens (tertiary/aromatic N) is 1. The van der Waals surface area contributed by atoms with Crippen LogP contribution >= 0.6 is 0 Å². The fourth-order valence-corrected chi connectivity index (χ4v) is 3.85. The number of para-hydroxylation sites is 2. The average molecular weight is 500 g/mol. The van der Waals surface area contributed by atoms with Gasteiger partial charge in [-0.2, -0.15) is 13.2 Å². The van der Waals surface area contributed by atoms with Crippen molar-refractivity contribution in [2.45, 2.75) is 38.4 Å². The van der Waals surface area contributed by atoms with Crippen LogP contribution in [-0.2, 0) is 12.8 Å². The van der Waals surface area contributed by atoms with Crippen LogP contribution in [-0.4, -0.2) is 62.6 Å². The minimum atomic E-state index is -4.53. The average Bonchev–Trinajstić information content (AvgIpc) is 3.25. The van der Waals surface area contributed by atoms with Crippen molar-refractivity contribution in [3.05, 3.63) is 53.1 Å². The van der Waals surface area contributed by atoms with Crippen molar-refractivity contribution in [1.82, 2.24) is 5.32 Å². The predicted octanol–water partition coefficient (Wildman–Crippen LogP) is 3.07. The molecular formula is C25H32F3N3O4. The van der Waals surface area contributed by atoms with Crippen LogP contribution in [0.3, 0.4) is 0 Å². The summed E-state index contributed by atoms with van der Waals surface area (Å²) in [5.41, 5.74) is 7.59. The third kappa shape index (κ3) is 7.76. The third-order valence-corrected chi connectivity index (χ3v) is 5.23. The lowest BCUT2D eigenvalue weighted by Crippen LogP contribution is -2.32. The molecule has 3 rings (SSSR count). The molecule has 0 unspecified atom stereocenters. The predicted molar refractivity (Wildman–Crippen MR) is 127 cm³/mol. The normalized spacial score (nSPS) is 16.5. The van der Waals surface area contributed by atoms with Crippen LogP contribution in [0, 0.1) is 0 Å². The molecule has 35 heavy (non-hydrogen) atoms. The lowest BCUT2D eigenvalue weighted by Gasteiger charge is -2.22. The highest BCUT2D eigenvalue weighted by Gasteiger charge is 2.29. The topological polar surface area (TPSA) is 97.1 Å². The Morgan fingerprint density at radius 2 is 2.00 bits per heavy atom. The van der Waals surface area contributed by atoms with E-state index in [0.29, 0.717) is 30.6 Å². The lowest BCUT2D eigenvalue weighted by atomic mass is 9.98. The summed E-state index contributed by atoms with van der Waals surface area (Å²) in [7, 11) is 0. The summed E-state index contributed by atoms with van der Waals surface area (Å²) in [4.78, 5) is 13.7. The molecule has 0 aliphatic carbocycles. The molecule has 2 aromatic rings. The smallest absolute Gasteiger partial charge is 0.422 e. The van der Waals surface area contributed by atoms with Crippen LogP contribution in [0.1, 0.15) is 40.3 Å². The molecule has 1 aliphatic rings. The van der Waals surface area contributed by atoms with Crippen molar-refractivity contribution in [2.24, 2.45) is 5.73 Å². The van der Waals surface area contributed by atoms with Gasteiger partial charge in [0.15, 0.2) is 18.1 Å². The maximum atomic E-state index is 12.5. The molecule has 0 spiro atoms. The van der Waals surface area contributed by atoms with Gasteiger partial charge in [0, 0.05) is 37.7 Å². The number of fused-ring (bicyclic) bond motifs is 1. The van der Waals surface area contributed by atoms with E-state index in [1.807, 2.05) is 6.07 Å². The minimum Gasteiger partial charge on any atom is -0.488 e. The van der Waals surface area contributed by atoms with Crippen molar-refractivity contribution in [1.29, 1.82) is 0 Å². The minimum absolute atomic E-state index is 0.0320. The maximum absolute atomic E-state index is 12.5. The number of ether oxygens (including phenoxy) is 2. The first-order valence-corrected chi connectivity index (χ1v) is 11.1. The third-order valence-electron chi connectivity index (χ3n) is 5.23. The van der Waals surface area contributed by atoms with E-state index < -0.39 is 44.3 Å². The Balaban J connectivity index is 1.68. The molecular weight excluding hydrogens is 463 g/mol. The fourth-order valence-electron chi connectivity index (χ4n) is 3.85. The van der Waals surface area contributed by atoms with Gasteiger partial charge in [-0.25, -0.2) is 0 Å². The first-order chi connectivity index (χ1) is 18.1. The number of anilines is 1. The number of nitrogens with two attached hydrogens (primary N) is 1. The number of halogens is 3. The number of primary amides is 1. The summed E-state index contributed by atoms with van der Waals surface area (Å²) in [6.45, 7) is -4.29. The molecule has 2 aromatic carbocycles. The van der Waals surface area contributed by atoms with E-state index in [-0.39, 0.29) is 30.1 Å². The molecule has 0 saturated carbocycles. The van der Waals surface area contributed by atoms with Gasteiger partial charge >= 0.3 is 6.18 Å². The van der Waals surface area contributed by atoms with E-state index in [4.69, 9.17) is 20.7 Å². The number of alkyl halides is 3. The van der Waals surface area contributed by atoms with Crippen molar-refractivity contribution >= 4 is 11.6 Å². The van der Waals surface area contributed by atoms with Gasteiger partial charge in [-0.1, -0.05) is 18.2 Å². The van der Waals surface area contributed by atoms with Crippen LogP contribution < -0.4 is 25.4 Å². The van der Waals surface area contributed by atoms with Crippen LogP contribution in [0.15, 0.2) is 36.4 Å². The largest absolute Gasteiger partial charge is 0.488 e. The van der Waals surface area contributed by atoms with Crippen LogP contribution in [0.5, 0.6) is 11.5 Å². The number of carbonyl (C=O) groups is 1. The van der Waals surface area contributed by atoms with Crippen LogP contribution in [0.2, 0.25) is 0 Å². The SMILES string of the molecule is [2H]C([2H])(COc1ccccc1OCC(F)(F)F)N[C@H](C)Cc1cc2c(c(C(N)=O)c1)N(C([2H])([2H])CCO)CC2. The standard InChI is InChI=1S/C25H32F3N3O4/c1-17(30-8-12-34-21-5-2-3-6-22(21)35-16-25(26,27)28)13-18-14-19-7-10-31(9-4-11-32)23(19)20(15-18)24(29)33/h2-3,5-6,14-15,17,30,32H,4,7-13,16H2,1H3,(H2,29,33)/t17-/m1/s1/i8D2,9D2. The van der Waals surface area contributed by atoms with Gasteiger partial charge < -0.3 is 30.5 Å². The summed E-state index contributed by atoms with van der Waals surface area (Å²) < 4.78 is 80.9. The van der Waals surface area contributed by atoms with E-state index in [2.05, 4.69) is 5.32 Å². The number of hydrogen-bond donors (Lipinski definition) is 3. The summed E-state index contributed by atoms with van der Waals surface area (Å²) in [5, 5.41) is 12.0. The zero-order chi connectivity index (χ0) is 29.0. The van der Waals surface area contributed by atoms with Crippen LogP contribution in [0.4, 0.5) is 18.9 Å². The maximum Gasteiger partial charge on any atom is 0.422 e. The molecule has 0 saturated heterocycles. The molecule has 1 aliphatic heterocycles. The van der Waals surface area contributed by atoms with E-state index in [0.717, 1.165) is 5.56 Å². The number of aliphatic hydroxyl groups is 1. The van der Waals surface area contributed by atoms with Crippen molar-refractivity contribution in [2.75, 3.05) is 44.3 Å². The van der Waals surface area contributed by atoms with Crippen molar-refractivity contribution < 1.29 is 38.0 Å². The van der Waals surface area contributed by atoms with Gasteiger partial charge in [0.25, 0.3) is 5.91 Å². The Morgan fingerprint density at radius 3 is 2.66 bits per heavy atom. The Morgan fingerprint density at radius 1 is 1.29 bits per heavy atom. The zero-order valence-corrected chi connectivity index (χ0v) is 19.3. The Hall–Kier alpha value is -2.98. The van der Waals surface area contributed by atoms with Gasteiger partial charge in [0.1, 0.15) is 6.61 Å². The number of amides is 1. The molecule has 0 fully saturated rings. The number of rotatable bonds is 13. The van der Waals surface area contributed by atoms with Gasteiger partial charge in [-0.3, -0.25) is 4.79 Å². The van der Waals surface area contributed by atoms with Crippen molar-refractivity contribution in [3.8, 4) is 11.5 Å². The second-order valence-corrected chi connectivity index (χ2v) is 8.11. The second kappa shape index (κ2) is 12.1. The van der Waals surface area contributed by atoms with Gasteiger partial charge in [0.05, 0.1) is 11.3 Å². The zero-order valence-electron chi connectivity index (χ0n) is 23.3.